The van der Waals surface area contributed by atoms with Crippen LogP contribution in [0, 0.1) is 10.8 Å². The minimum Gasteiger partial charge on any atom is -0.392 e. The summed E-state index contributed by atoms with van der Waals surface area (Å²) in [5.41, 5.74) is 0.0878. The van der Waals surface area contributed by atoms with Gasteiger partial charge in [0.1, 0.15) is 0 Å². The molecule has 2 amide bonds. The van der Waals surface area contributed by atoms with Crippen molar-refractivity contribution in [2.75, 3.05) is 26.8 Å². The molecule has 0 aromatic heterocycles. The fraction of sp³-hybridized carbons (Fsp3) is 0.938. The maximum absolute atomic E-state index is 11.9. The number of urea groups is 1. The molecule has 3 N–H and O–H groups in total. The summed E-state index contributed by atoms with van der Waals surface area (Å²) in [6.07, 6.45) is 7.11. The van der Waals surface area contributed by atoms with E-state index >= 15 is 0 Å². The summed E-state index contributed by atoms with van der Waals surface area (Å²) >= 11 is 0. The number of aliphatic hydroxyl groups excluding tert-OH is 1. The molecular formula is C16H30N2O3. The zero-order valence-corrected chi connectivity index (χ0v) is 13.4. The number of aliphatic hydroxyl groups is 1. The topological polar surface area (TPSA) is 70.6 Å². The van der Waals surface area contributed by atoms with E-state index in [2.05, 4.69) is 17.6 Å². The van der Waals surface area contributed by atoms with Gasteiger partial charge in [-0.05, 0) is 37.5 Å². The summed E-state index contributed by atoms with van der Waals surface area (Å²) < 4.78 is 5.12. The molecule has 0 bridgehead atoms. The predicted molar refractivity (Wildman–Crippen MR) is 82.1 cm³/mol. The fourth-order valence-corrected chi connectivity index (χ4v) is 3.21. The van der Waals surface area contributed by atoms with Gasteiger partial charge in [0.05, 0.1) is 6.10 Å². The Hall–Kier alpha value is -0.810. The fourth-order valence-electron chi connectivity index (χ4n) is 3.21. The van der Waals surface area contributed by atoms with E-state index in [1.165, 1.54) is 12.8 Å². The molecule has 21 heavy (non-hydrogen) atoms. The Bertz CT molecular complexity index is 357. The maximum atomic E-state index is 11.9. The van der Waals surface area contributed by atoms with Crippen LogP contribution in [0.3, 0.4) is 0 Å². The number of carbonyl (C=O) groups excluding carboxylic acids is 1. The van der Waals surface area contributed by atoms with Crippen LogP contribution in [-0.2, 0) is 4.74 Å². The number of amides is 2. The van der Waals surface area contributed by atoms with Crippen molar-refractivity contribution in [1.82, 2.24) is 10.6 Å². The van der Waals surface area contributed by atoms with Crippen LogP contribution < -0.4 is 10.6 Å². The summed E-state index contributed by atoms with van der Waals surface area (Å²) in [7, 11) is 1.71. The third kappa shape index (κ3) is 4.58. The monoisotopic (exact) mass is 298 g/mol. The van der Waals surface area contributed by atoms with Gasteiger partial charge in [-0.2, -0.15) is 0 Å². The largest absolute Gasteiger partial charge is 0.392 e. The van der Waals surface area contributed by atoms with E-state index in [4.69, 9.17) is 4.74 Å². The number of hydrogen-bond acceptors (Lipinski definition) is 3. The van der Waals surface area contributed by atoms with Crippen molar-refractivity contribution in [2.45, 2.75) is 58.0 Å². The van der Waals surface area contributed by atoms with Crippen LogP contribution in [0.2, 0.25) is 0 Å². The third-order valence-corrected chi connectivity index (χ3v) is 5.35. The summed E-state index contributed by atoms with van der Waals surface area (Å²) in [5.74, 6) is 0. The molecule has 0 saturated heterocycles. The summed E-state index contributed by atoms with van der Waals surface area (Å²) in [4.78, 5) is 11.9. The molecule has 2 fully saturated rings. The Balaban J connectivity index is 1.68. The van der Waals surface area contributed by atoms with Gasteiger partial charge in [0.2, 0.25) is 0 Å². The number of carbonyl (C=O) groups is 1. The van der Waals surface area contributed by atoms with Crippen molar-refractivity contribution in [3.63, 3.8) is 0 Å². The highest BCUT2D eigenvalue weighted by molar-refractivity contribution is 5.73. The number of methoxy groups -OCH3 is 1. The molecule has 5 nitrogen and oxygen atoms in total. The van der Waals surface area contributed by atoms with E-state index in [0.717, 1.165) is 45.3 Å². The molecule has 0 radical (unpaired) electrons. The summed E-state index contributed by atoms with van der Waals surface area (Å²) in [5, 5.41) is 16.0. The Morgan fingerprint density at radius 1 is 1.24 bits per heavy atom. The van der Waals surface area contributed by atoms with Crippen LogP contribution in [0.15, 0.2) is 0 Å². The quantitative estimate of drug-likeness (QED) is 0.673. The van der Waals surface area contributed by atoms with Gasteiger partial charge in [-0.1, -0.05) is 19.8 Å². The van der Waals surface area contributed by atoms with Gasteiger partial charge in [0.15, 0.2) is 0 Å². The van der Waals surface area contributed by atoms with Crippen LogP contribution in [-0.4, -0.2) is 44.0 Å². The van der Waals surface area contributed by atoms with Gasteiger partial charge < -0.3 is 20.5 Å². The van der Waals surface area contributed by atoms with Gasteiger partial charge in [-0.3, -0.25) is 0 Å². The molecule has 2 saturated carbocycles. The Labute approximate surface area is 127 Å². The second-order valence-corrected chi connectivity index (χ2v) is 7.19. The SMILES string of the molecule is COCCC1(CNC(=O)NCC2(C)CCCCC2O)CC1. The molecule has 0 aliphatic heterocycles. The van der Waals surface area contributed by atoms with E-state index in [1.54, 1.807) is 7.11 Å². The molecule has 2 atom stereocenters. The average Bonchev–Trinajstić information content (AvgIpc) is 3.25. The molecule has 2 aliphatic rings. The zero-order valence-electron chi connectivity index (χ0n) is 13.4. The van der Waals surface area contributed by atoms with Gasteiger partial charge in [-0.15, -0.1) is 0 Å². The van der Waals surface area contributed by atoms with Crippen LogP contribution in [0.25, 0.3) is 0 Å². The highest BCUT2D eigenvalue weighted by Gasteiger charge is 2.42. The van der Waals surface area contributed by atoms with Gasteiger partial charge in [0.25, 0.3) is 0 Å². The van der Waals surface area contributed by atoms with Gasteiger partial charge in [-0.25, -0.2) is 4.79 Å². The van der Waals surface area contributed by atoms with Crippen molar-refractivity contribution < 1.29 is 14.6 Å². The standard InChI is InChI=1S/C16H30N2O3/c1-15(6-4-3-5-13(15)19)11-17-14(20)18-12-16(7-8-16)9-10-21-2/h13,19H,3-12H2,1-2H3,(H2,17,18,20). The van der Waals surface area contributed by atoms with Crippen LogP contribution >= 0.6 is 0 Å². The molecule has 2 unspecified atom stereocenters. The lowest BCUT2D eigenvalue weighted by Crippen LogP contribution is -2.48. The molecule has 122 valence electrons. The second kappa shape index (κ2) is 6.97. The molecular weight excluding hydrogens is 268 g/mol. The van der Waals surface area contributed by atoms with Gasteiger partial charge >= 0.3 is 6.03 Å². The predicted octanol–water partition coefficient (Wildman–Crippen LogP) is 2.04. The van der Waals surface area contributed by atoms with Gasteiger partial charge in [0, 0.05) is 32.2 Å². The molecule has 5 heteroatoms. The molecule has 0 aromatic carbocycles. The van der Waals surface area contributed by atoms with Crippen molar-refractivity contribution in [3.05, 3.63) is 0 Å². The lowest BCUT2D eigenvalue weighted by Gasteiger charge is -2.38. The van der Waals surface area contributed by atoms with Crippen molar-refractivity contribution in [2.24, 2.45) is 10.8 Å². The van der Waals surface area contributed by atoms with E-state index in [-0.39, 0.29) is 23.0 Å². The molecule has 0 aromatic rings. The van der Waals surface area contributed by atoms with Crippen LogP contribution in [0.5, 0.6) is 0 Å². The molecule has 2 rings (SSSR count). The van der Waals surface area contributed by atoms with E-state index in [1.807, 2.05) is 0 Å². The van der Waals surface area contributed by atoms with E-state index in [0.29, 0.717) is 6.54 Å². The number of rotatable bonds is 7. The molecule has 0 spiro atoms. The Morgan fingerprint density at radius 3 is 2.57 bits per heavy atom. The molecule has 0 heterocycles. The lowest BCUT2D eigenvalue weighted by molar-refractivity contribution is 0.00307. The first-order valence-corrected chi connectivity index (χ1v) is 8.18. The Morgan fingerprint density at radius 2 is 1.95 bits per heavy atom. The van der Waals surface area contributed by atoms with Crippen LogP contribution in [0.1, 0.15) is 51.9 Å². The first-order chi connectivity index (χ1) is 10.00. The minimum absolute atomic E-state index is 0.113. The number of ether oxygens (including phenoxy) is 1. The van der Waals surface area contributed by atoms with Crippen molar-refractivity contribution >= 4 is 6.03 Å². The van der Waals surface area contributed by atoms with E-state index < -0.39 is 0 Å². The Kier molecular flexibility index (Phi) is 5.49. The van der Waals surface area contributed by atoms with Crippen LogP contribution in [0.4, 0.5) is 4.79 Å². The average molecular weight is 298 g/mol. The second-order valence-electron chi connectivity index (χ2n) is 7.19. The lowest BCUT2D eigenvalue weighted by atomic mass is 9.73. The van der Waals surface area contributed by atoms with Crippen molar-refractivity contribution in [3.8, 4) is 0 Å². The van der Waals surface area contributed by atoms with E-state index in [9.17, 15) is 9.90 Å². The third-order valence-electron chi connectivity index (χ3n) is 5.35. The highest BCUT2D eigenvalue weighted by Crippen LogP contribution is 2.48. The maximum Gasteiger partial charge on any atom is 0.314 e. The number of hydrogen-bond donors (Lipinski definition) is 3. The smallest absolute Gasteiger partial charge is 0.314 e. The zero-order chi connectivity index (χ0) is 15.3. The first-order valence-electron chi connectivity index (χ1n) is 8.18. The summed E-state index contributed by atoms with van der Waals surface area (Å²) in [6, 6.07) is -0.113. The van der Waals surface area contributed by atoms with Crippen molar-refractivity contribution in [1.29, 1.82) is 0 Å². The highest BCUT2D eigenvalue weighted by atomic mass is 16.5. The first kappa shape index (κ1) is 16.6. The number of nitrogens with one attached hydrogen (secondary N) is 2. The molecule has 2 aliphatic carbocycles. The minimum atomic E-state index is -0.303. The normalized spacial score (nSPS) is 30.7. The summed E-state index contributed by atoms with van der Waals surface area (Å²) in [6.45, 7) is 4.10.